The van der Waals surface area contributed by atoms with E-state index in [1.807, 2.05) is 26.1 Å². The number of hydrogen-bond acceptors (Lipinski definition) is 3. The van der Waals surface area contributed by atoms with Crippen LogP contribution in [0.1, 0.15) is 34.8 Å². The number of amides is 1. The van der Waals surface area contributed by atoms with Gasteiger partial charge in [-0.1, -0.05) is 6.07 Å². The molecule has 0 spiro atoms. The molecule has 1 atom stereocenters. The van der Waals surface area contributed by atoms with Crippen LogP contribution in [-0.2, 0) is 6.54 Å². The number of benzene rings is 1. The van der Waals surface area contributed by atoms with Gasteiger partial charge >= 0.3 is 0 Å². The van der Waals surface area contributed by atoms with Crippen LogP contribution in [0, 0.1) is 6.92 Å². The summed E-state index contributed by atoms with van der Waals surface area (Å²) in [7, 11) is 2.02. The number of primary amides is 1. The molecule has 0 aromatic heterocycles. The Hall–Kier alpha value is -1.39. The second-order valence-electron chi connectivity index (χ2n) is 4.88. The summed E-state index contributed by atoms with van der Waals surface area (Å²) >= 11 is 0. The van der Waals surface area contributed by atoms with Crippen LogP contribution in [0.15, 0.2) is 18.2 Å². The second-order valence-corrected chi connectivity index (χ2v) is 4.88. The van der Waals surface area contributed by atoms with E-state index >= 15 is 0 Å². The summed E-state index contributed by atoms with van der Waals surface area (Å²) in [6.07, 6.45) is 0.486. The molecular formula is C14H22N2O2. The van der Waals surface area contributed by atoms with Crippen LogP contribution in [0.5, 0.6) is 0 Å². The molecule has 0 fully saturated rings. The van der Waals surface area contributed by atoms with Gasteiger partial charge in [0.1, 0.15) is 0 Å². The minimum absolute atomic E-state index is 0.272. The van der Waals surface area contributed by atoms with Crippen molar-refractivity contribution in [3.05, 3.63) is 34.9 Å². The zero-order valence-electron chi connectivity index (χ0n) is 11.3. The smallest absolute Gasteiger partial charge is 0.248 e. The number of nitrogens with zero attached hydrogens (tertiary/aromatic N) is 1. The Morgan fingerprint density at radius 2 is 2.17 bits per heavy atom. The maximum Gasteiger partial charge on any atom is 0.248 e. The van der Waals surface area contributed by atoms with E-state index in [0.29, 0.717) is 5.56 Å². The third-order valence-corrected chi connectivity index (χ3v) is 3.00. The molecule has 1 aromatic carbocycles. The molecule has 1 rings (SSSR count). The number of hydrogen-bond donors (Lipinski definition) is 2. The summed E-state index contributed by atoms with van der Waals surface area (Å²) in [6.45, 7) is 5.41. The molecule has 0 radical (unpaired) electrons. The van der Waals surface area contributed by atoms with Gasteiger partial charge in [-0.3, -0.25) is 4.79 Å². The molecule has 18 heavy (non-hydrogen) atoms. The zero-order valence-corrected chi connectivity index (χ0v) is 11.3. The molecule has 1 unspecified atom stereocenters. The normalized spacial score (nSPS) is 12.7. The topological polar surface area (TPSA) is 66.6 Å². The first-order chi connectivity index (χ1) is 8.40. The maximum absolute atomic E-state index is 11.0. The lowest BCUT2D eigenvalue weighted by atomic mass is 10.0. The van der Waals surface area contributed by atoms with Gasteiger partial charge in [0, 0.05) is 18.7 Å². The van der Waals surface area contributed by atoms with Gasteiger partial charge in [-0.25, -0.2) is 0 Å². The van der Waals surface area contributed by atoms with Crippen LogP contribution in [0.25, 0.3) is 0 Å². The van der Waals surface area contributed by atoms with Crippen LogP contribution in [0.2, 0.25) is 0 Å². The van der Waals surface area contributed by atoms with E-state index in [1.165, 1.54) is 5.56 Å². The summed E-state index contributed by atoms with van der Waals surface area (Å²) in [4.78, 5) is 13.2. The van der Waals surface area contributed by atoms with Gasteiger partial charge in [-0.05, 0) is 50.6 Å². The van der Waals surface area contributed by atoms with Crippen molar-refractivity contribution in [2.24, 2.45) is 5.73 Å². The summed E-state index contributed by atoms with van der Waals surface area (Å²) in [5.74, 6) is -0.396. The lowest BCUT2D eigenvalue weighted by Crippen LogP contribution is -2.22. The molecule has 0 aliphatic heterocycles. The van der Waals surface area contributed by atoms with E-state index in [-0.39, 0.29) is 6.10 Å². The van der Waals surface area contributed by atoms with Gasteiger partial charge in [0.2, 0.25) is 5.91 Å². The van der Waals surface area contributed by atoms with E-state index < -0.39 is 5.91 Å². The van der Waals surface area contributed by atoms with Gasteiger partial charge < -0.3 is 15.7 Å². The largest absolute Gasteiger partial charge is 0.393 e. The summed E-state index contributed by atoms with van der Waals surface area (Å²) in [5, 5.41) is 9.24. The molecule has 4 nitrogen and oxygen atoms in total. The van der Waals surface area contributed by atoms with Crippen LogP contribution < -0.4 is 5.73 Å². The van der Waals surface area contributed by atoms with E-state index in [9.17, 15) is 9.90 Å². The maximum atomic E-state index is 11.0. The van der Waals surface area contributed by atoms with Crippen LogP contribution >= 0.6 is 0 Å². The van der Waals surface area contributed by atoms with Crippen molar-refractivity contribution in [3.63, 3.8) is 0 Å². The Kier molecular flexibility index (Phi) is 5.31. The average molecular weight is 250 g/mol. The molecule has 0 saturated carbocycles. The SMILES string of the molecule is Cc1cc(C(N)=O)ccc1CN(C)CCC(C)O. The number of aryl methyl sites for hydroxylation is 1. The summed E-state index contributed by atoms with van der Waals surface area (Å²) in [6, 6.07) is 5.52. The van der Waals surface area contributed by atoms with Crippen LogP contribution in [-0.4, -0.2) is 35.6 Å². The average Bonchev–Trinajstić information content (AvgIpc) is 2.29. The summed E-state index contributed by atoms with van der Waals surface area (Å²) in [5.41, 5.74) is 8.02. The molecule has 100 valence electrons. The van der Waals surface area contributed by atoms with Crippen molar-refractivity contribution in [1.82, 2.24) is 4.90 Å². The predicted octanol–water partition coefficient (Wildman–Crippen LogP) is 1.30. The third-order valence-electron chi connectivity index (χ3n) is 3.00. The highest BCUT2D eigenvalue weighted by molar-refractivity contribution is 5.93. The minimum Gasteiger partial charge on any atom is -0.393 e. The molecule has 1 amide bonds. The highest BCUT2D eigenvalue weighted by atomic mass is 16.3. The number of nitrogens with two attached hydrogens (primary N) is 1. The fourth-order valence-electron chi connectivity index (χ4n) is 1.80. The molecule has 3 N–H and O–H groups in total. The van der Waals surface area contributed by atoms with Gasteiger partial charge in [0.05, 0.1) is 6.10 Å². The molecule has 0 aliphatic carbocycles. The van der Waals surface area contributed by atoms with Crippen LogP contribution in [0.4, 0.5) is 0 Å². The predicted molar refractivity (Wildman–Crippen MR) is 72.3 cm³/mol. The monoisotopic (exact) mass is 250 g/mol. The molecule has 1 aromatic rings. The van der Waals surface area contributed by atoms with Crippen molar-refractivity contribution in [1.29, 1.82) is 0 Å². The van der Waals surface area contributed by atoms with E-state index in [2.05, 4.69) is 4.90 Å². The molecule has 0 aliphatic rings. The summed E-state index contributed by atoms with van der Waals surface area (Å²) < 4.78 is 0. The molecule has 0 bridgehead atoms. The zero-order chi connectivity index (χ0) is 13.7. The number of aliphatic hydroxyl groups excluding tert-OH is 1. The van der Waals surface area contributed by atoms with Gasteiger partial charge in [-0.15, -0.1) is 0 Å². The third kappa shape index (κ3) is 4.47. The Labute approximate surface area is 108 Å². The first-order valence-electron chi connectivity index (χ1n) is 6.16. The lowest BCUT2D eigenvalue weighted by molar-refractivity contribution is 0.1000. The Balaban J connectivity index is 2.64. The Morgan fingerprint density at radius 3 is 2.67 bits per heavy atom. The highest BCUT2D eigenvalue weighted by Crippen LogP contribution is 2.13. The molecule has 0 saturated heterocycles. The molecule has 0 heterocycles. The van der Waals surface area contributed by atoms with Crippen LogP contribution in [0.3, 0.4) is 0 Å². The number of aliphatic hydroxyl groups is 1. The highest BCUT2D eigenvalue weighted by Gasteiger charge is 2.07. The van der Waals surface area contributed by atoms with Crippen molar-refractivity contribution in [2.75, 3.05) is 13.6 Å². The standard InChI is InChI=1S/C14H22N2O2/c1-10-8-12(14(15)18)4-5-13(10)9-16(3)7-6-11(2)17/h4-5,8,11,17H,6-7,9H2,1-3H3,(H2,15,18). The Morgan fingerprint density at radius 1 is 1.50 bits per heavy atom. The Bertz CT molecular complexity index is 416. The minimum atomic E-state index is -0.396. The number of carbonyl (C=O) groups excluding carboxylic acids is 1. The van der Waals surface area contributed by atoms with E-state index in [0.717, 1.165) is 25.1 Å². The second kappa shape index (κ2) is 6.52. The number of rotatable bonds is 6. The molecular weight excluding hydrogens is 228 g/mol. The van der Waals surface area contributed by atoms with Crippen molar-refractivity contribution < 1.29 is 9.90 Å². The van der Waals surface area contributed by atoms with Crippen molar-refractivity contribution in [2.45, 2.75) is 32.9 Å². The van der Waals surface area contributed by atoms with Gasteiger partial charge in [0.25, 0.3) is 0 Å². The van der Waals surface area contributed by atoms with Crippen molar-refractivity contribution in [3.8, 4) is 0 Å². The first kappa shape index (κ1) is 14.7. The van der Waals surface area contributed by atoms with Gasteiger partial charge in [-0.2, -0.15) is 0 Å². The first-order valence-corrected chi connectivity index (χ1v) is 6.16. The van der Waals surface area contributed by atoms with Gasteiger partial charge in [0.15, 0.2) is 0 Å². The van der Waals surface area contributed by atoms with Crippen molar-refractivity contribution >= 4 is 5.91 Å². The number of carbonyl (C=O) groups is 1. The molecule has 4 heteroatoms. The van der Waals surface area contributed by atoms with E-state index in [4.69, 9.17) is 5.73 Å². The quantitative estimate of drug-likeness (QED) is 0.799. The lowest BCUT2D eigenvalue weighted by Gasteiger charge is -2.19. The van der Waals surface area contributed by atoms with E-state index in [1.54, 1.807) is 13.0 Å². The fraction of sp³-hybridized carbons (Fsp3) is 0.500. The fourth-order valence-corrected chi connectivity index (χ4v) is 1.80.